The molecule has 144 valence electrons. The molecule has 0 aliphatic rings. The van der Waals surface area contributed by atoms with Gasteiger partial charge in [0, 0.05) is 0 Å². The van der Waals surface area contributed by atoms with Crippen LogP contribution in [0.5, 0.6) is 0 Å². The molecule has 0 aromatic rings. The zero-order valence-electron chi connectivity index (χ0n) is 15.8. The van der Waals surface area contributed by atoms with Crippen LogP contribution in [0.2, 0.25) is 0 Å². The van der Waals surface area contributed by atoms with Crippen molar-refractivity contribution in [1.29, 1.82) is 0 Å². The third kappa shape index (κ3) is 7.17. The zero-order valence-corrected chi connectivity index (χ0v) is 17.8. The van der Waals surface area contributed by atoms with Gasteiger partial charge < -0.3 is 0 Å². The van der Waals surface area contributed by atoms with Crippen LogP contribution in [0.15, 0.2) is 0 Å². The van der Waals surface area contributed by atoms with E-state index in [-0.39, 0.29) is 0 Å². The molecule has 0 radical (unpaired) electrons. The summed E-state index contributed by atoms with van der Waals surface area (Å²) in [6.45, 7) is 15.0. The SMILES string of the molecule is CCCO[PH](OCCC)(OCCC)[PH](OCC)(OCC)OCC. The standard InChI is InChI=1S/C15H38O6P2/c1-7-13-19-23(20-14-8-2,21-15-9-3)22(16-10-4,17-11-5)18-12-6/h22-23H,7-15H2,1-6H3. The minimum absolute atomic E-state index is 0.474. The molecule has 8 heteroatoms. The van der Waals surface area contributed by atoms with Crippen LogP contribution in [0.3, 0.4) is 0 Å². The van der Waals surface area contributed by atoms with Crippen molar-refractivity contribution in [3.63, 3.8) is 0 Å². The summed E-state index contributed by atoms with van der Waals surface area (Å²) in [4.78, 5) is 0. The monoisotopic (exact) mass is 376 g/mol. The molecule has 0 heterocycles. The van der Waals surface area contributed by atoms with Crippen molar-refractivity contribution in [3.8, 4) is 0 Å². The molecule has 0 N–H and O–H groups in total. The van der Waals surface area contributed by atoms with Gasteiger partial charge in [-0.3, -0.25) is 0 Å². The van der Waals surface area contributed by atoms with Gasteiger partial charge in [0.1, 0.15) is 0 Å². The summed E-state index contributed by atoms with van der Waals surface area (Å²) in [6, 6.07) is 0. The fourth-order valence-electron chi connectivity index (χ4n) is 2.06. The van der Waals surface area contributed by atoms with E-state index in [4.69, 9.17) is 27.1 Å². The van der Waals surface area contributed by atoms with E-state index in [0.717, 1.165) is 19.3 Å². The van der Waals surface area contributed by atoms with Gasteiger partial charge in [-0.2, -0.15) is 0 Å². The second kappa shape index (κ2) is 13.9. The molecule has 0 rings (SSSR count). The van der Waals surface area contributed by atoms with Crippen molar-refractivity contribution in [3.05, 3.63) is 0 Å². The van der Waals surface area contributed by atoms with Crippen LogP contribution < -0.4 is 0 Å². The van der Waals surface area contributed by atoms with Gasteiger partial charge in [-0.05, 0) is 0 Å². The van der Waals surface area contributed by atoms with E-state index in [0.29, 0.717) is 39.6 Å². The van der Waals surface area contributed by atoms with E-state index < -0.39 is 15.3 Å². The molecule has 0 aliphatic heterocycles. The van der Waals surface area contributed by atoms with Gasteiger partial charge in [0.15, 0.2) is 0 Å². The summed E-state index contributed by atoms with van der Waals surface area (Å²) >= 11 is 0. The molecule has 0 bridgehead atoms. The topological polar surface area (TPSA) is 55.4 Å². The fraction of sp³-hybridized carbons (Fsp3) is 1.00. The number of rotatable bonds is 16. The fourth-order valence-corrected chi connectivity index (χ4v) is 11.6. The van der Waals surface area contributed by atoms with Gasteiger partial charge in [0.05, 0.1) is 0 Å². The average molecular weight is 376 g/mol. The Bertz CT molecular complexity index is 242. The quantitative estimate of drug-likeness (QED) is 0.342. The Kier molecular flexibility index (Phi) is 14.2. The van der Waals surface area contributed by atoms with Crippen LogP contribution in [0.4, 0.5) is 0 Å². The minimum atomic E-state index is -3.23. The molecule has 0 aromatic heterocycles. The van der Waals surface area contributed by atoms with E-state index >= 15 is 0 Å². The van der Waals surface area contributed by atoms with Gasteiger partial charge in [-0.1, -0.05) is 0 Å². The van der Waals surface area contributed by atoms with Crippen molar-refractivity contribution in [2.75, 3.05) is 39.6 Å². The Labute approximate surface area is 143 Å². The Morgan fingerprint density at radius 3 is 0.913 bits per heavy atom. The summed E-state index contributed by atoms with van der Waals surface area (Å²) < 4.78 is 36.7. The molecular weight excluding hydrogens is 338 g/mol. The maximum atomic E-state index is 6.19. The van der Waals surface area contributed by atoms with E-state index in [2.05, 4.69) is 20.8 Å². The van der Waals surface area contributed by atoms with Gasteiger partial charge in [-0.15, -0.1) is 0 Å². The third-order valence-electron chi connectivity index (χ3n) is 2.87. The van der Waals surface area contributed by atoms with Crippen molar-refractivity contribution in [2.24, 2.45) is 0 Å². The van der Waals surface area contributed by atoms with Gasteiger partial charge in [0.2, 0.25) is 0 Å². The second-order valence-corrected chi connectivity index (χ2v) is 12.6. The van der Waals surface area contributed by atoms with Gasteiger partial charge in [-0.25, -0.2) is 0 Å². The Morgan fingerprint density at radius 1 is 0.435 bits per heavy atom. The summed E-state index contributed by atoms with van der Waals surface area (Å²) in [5.74, 6) is 0. The van der Waals surface area contributed by atoms with E-state index in [1.54, 1.807) is 0 Å². The van der Waals surface area contributed by atoms with Crippen molar-refractivity contribution >= 4 is 15.3 Å². The molecule has 0 saturated heterocycles. The molecular formula is C15H38O6P2. The summed E-state index contributed by atoms with van der Waals surface area (Å²) in [5.41, 5.74) is 0. The molecule has 0 spiro atoms. The summed E-state index contributed by atoms with van der Waals surface area (Å²) in [7, 11) is -6.44. The van der Waals surface area contributed by atoms with Crippen LogP contribution in [0, 0.1) is 0 Å². The first-order valence-electron chi connectivity index (χ1n) is 8.95. The van der Waals surface area contributed by atoms with E-state index in [1.807, 2.05) is 20.8 Å². The Morgan fingerprint density at radius 2 is 0.696 bits per heavy atom. The Hall–Kier alpha value is 0.620. The van der Waals surface area contributed by atoms with Crippen molar-refractivity contribution in [1.82, 2.24) is 0 Å². The molecule has 0 aromatic carbocycles. The molecule has 23 heavy (non-hydrogen) atoms. The first-order valence-corrected chi connectivity index (χ1v) is 13.4. The van der Waals surface area contributed by atoms with Crippen LogP contribution in [0.1, 0.15) is 60.8 Å². The molecule has 6 nitrogen and oxygen atoms in total. The summed E-state index contributed by atoms with van der Waals surface area (Å²) in [5, 5.41) is 0. The number of hydrogen-bond donors (Lipinski definition) is 0. The van der Waals surface area contributed by atoms with Gasteiger partial charge in [0.25, 0.3) is 0 Å². The predicted molar refractivity (Wildman–Crippen MR) is 100 cm³/mol. The first-order chi connectivity index (χ1) is 11.1. The van der Waals surface area contributed by atoms with Crippen LogP contribution in [-0.2, 0) is 27.1 Å². The van der Waals surface area contributed by atoms with Crippen LogP contribution in [0.25, 0.3) is 0 Å². The molecule has 0 amide bonds. The molecule has 0 aliphatic carbocycles. The molecule has 0 unspecified atom stereocenters. The number of hydrogen-bond acceptors (Lipinski definition) is 6. The molecule has 0 atom stereocenters. The maximum absolute atomic E-state index is 6.19. The van der Waals surface area contributed by atoms with Crippen molar-refractivity contribution < 1.29 is 27.1 Å². The van der Waals surface area contributed by atoms with E-state index in [9.17, 15) is 0 Å². The summed E-state index contributed by atoms with van der Waals surface area (Å²) in [6.07, 6.45) is 2.61. The molecule has 0 saturated carbocycles. The molecule has 0 fully saturated rings. The van der Waals surface area contributed by atoms with Crippen LogP contribution in [-0.4, -0.2) is 39.6 Å². The third-order valence-corrected chi connectivity index (χ3v) is 12.2. The van der Waals surface area contributed by atoms with E-state index in [1.165, 1.54) is 0 Å². The second-order valence-electron chi connectivity index (χ2n) is 4.96. The zero-order chi connectivity index (χ0) is 17.6. The van der Waals surface area contributed by atoms with Crippen LogP contribution >= 0.6 is 15.3 Å². The first kappa shape index (κ1) is 23.6. The van der Waals surface area contributed by atoms with Crippen molar-refractivity contribution in [2.45, 2.75) is 60.8 Å². The normalized spacial score (nSPS) is 14.2. The van der Waals surface area contributed by atoms with Gasteiger partial charge >= 0.3 is 143 Å². The average Bonchev–Trinajstić information content (AvgIpc) is 2.55. The predicted octanol–water partition coefficient (Wildman–Crippen LogP) is 5.28. The Balaban J connectivity index is 5.75.